The molecular weight excluding hydrogens is 204 g/mol. The lowest BCUT2D eigenvalue weighted by Crippen LogP contribution is -2.51. The molecule has 0 aromatic rings. The molecule has 0 aromatic carbocycles. The van der Waals surface area contributed by atoms with E-state index in [1.54, 1.807) is 0 Å². The van der Waals surface area contributed by atoms with Crippen molar-refractivity contribution >= 4 is 11.8 Å². The van der Waals surface area contributed by atoms with Gasteiger partial charge in [-0.15, -0.1) is 0 Å². The molecule has 90 valence electrons. The van der Waals surface area contributed by atoms with Crippen LogP contribution in [0.5, 0.6) is 0 Å². The summed E-state index contributed by atoms with van der Waals surface area (Å²) < 4.78 is 0. The van der Waals surface area contributed by atoms with Gasteiger partial charge in [0.1, 0.15) is 0 Å². The van der Waals surface area contributed by atoms with Gasteiger partial charge >= 0.3 is 0 Å². The van der Waals surface area contributed by atoms with E-state index in [1.165, 1.54) is 24.5 Å². The van der Waals surface area contributed by atoms with Gasteiger partial charge in [0.25, 0.3) is 0 Å². The third kappa shape index (κ3) is 4.33. The SMILES string of the molecule is CC1CSCCN1C(CN)CC(C)(C)C. The lowest BCUT2D eigenvalue weighted by molar-refractivity contribution is 0.126. The van der Waals surface area contributed by atoms with E-state index in [9.17, 15) is 0 Å². The van der Waals surface area contributed by atoms with E-state index in [4.69, 9.17) is 5.73 Å². The molecule has 0 aliphatic carbocycles. The Hall–Kier alpha value is 0.270. The zero-order chi connectivity index (χ0) is 11.5. The second-order valence-electron chi connectivity index (χ2n) is 5.82. The molecular formula is C12H26N2S. The summed E-state index contributed by atoms with van der Waals surface area (Å²) in [6.45, 7) is 11.3. The van der Waals surface area contributed by atoms with E-state index in [0.717, 1.165) is 6.54 Å². The normalized spacial score (nSPS) is 26.6. The summed E-state index contributed by atoms with van der Waals surface area (Å²) in [4.78, 5) is 2.61. The number of thioether (sulfide) groups is 1. The first kappa shape index (κ1) is 13.3. The van der Waals surface area contributed by atoms with Crippen LogP contribution in [0.3, 0.4) is 0 Å². The van der Waals surface area contributed by atoms with Crippen LogP contribution in [0, 0.1) is 5.41 Å². The predicted molar refractivity (Wildman–Crippen MR) is 70.4 cm³/mol. The fraction of sp³-hybridized carbons (Fsp3) is 1.00. The van der Waals surface area contributed by atoms with Gasteiger partial charge < -0.3 is 5.73 Å². The van der Waals surface area contributed by atoms with E-state index < -0.39 is 0 Å². The number of hydrogen-bond donors (Lipinski definition) is 1. The smallest absolute Gasteiger partial charge is 0.0226 e. The van der Waals surface area contributed by atoms with Crippen LogP contribution in [0.2, 0.25) is 0 Å². The molecule has 0 bridgehead atoms. The Balaban J connectivity index is 2.56. The third-order valence-corrected chi connectivity index (χ3v) is 4.20. The van der Waals surface area contributed by atoms with Crippen molar-refractivity contribution in [2.75, 3.05) is 24.6 Å². The molecule has 1 aliphatic heterocycles. The van der Waals surface area contributed by atoms with Crippen LogP contribution < -0.4 is 5.73 Å². The minimum atomic E-state index is 0.383. The molecule has 1 rings (SSSR count). The summed E-state index contributed by atoms with van der Waals surface area (Å²) in [7, 11) is 0. The number of rotatable bonds is 3. The van der Waals surface area contributed by atoms with Gasteiger partial charge in [-0.2, -0.15) is 11.8 Å². The van der Waals surface area contributed by atoms with Crippen LogP contribution in [-0.4, -0.2) is 41.6 Å². The van der Waals surface area contributed by atoms with Gasteiger partial charge in [-0.25, -0.2) is 0 Å². The Morgan fingerprint density at radius 3 is 2.60 bits per heavy atom. The van der Waals surface area contributed by atoms with Crippen LogP contribution in [-0.2, 0) is 0 Å². The van der Waals surface area contributed by atoms with E-state index >= 15 is 0 Å². The van der Waals surface area contributed by atoms with Crippen LogP contribution in [0.4, 0.5) is 0 Å². The van der Waals surface area contributed by atoms with Gasteiger partial charge in [-0.1, -0.05) is 20.8 Å². The molecule has 0 saturated carbocycles. The summed E-state index contributed by atoms with van der Waals surface area (Å²) in [6.07, 6.45) is 1.21. The standard InChI is InChI=1S/C12H26N2S/c1-10-9-15-6-5-14(10)11(8-13)7-12(2,3)4/h10-11H,5-9,13H2,1-4H3. The number of nitrogens with zero attached hydrogens (tertiary/aromatic N) is 1. The minimum Gasteiger partial charge on any atom is -0.329 e. The van der Waals surface area contributed by atoms with E-state index in [1.807, 2.05) is 0 Å². The quantitative estimate of drug-likeness (QED) is 0.806. The highest BCUT2D eigenvalue weighted by Crippen LogP contribution is 2.26. The topological polar surface area (TPSA) is 29.3 Å². The fourth-order valence-corrected chi connectivity index (χ4v) is 3.36. The number of hydrogen-bond acceptors (Lipinski definition) is 3. The lowest BCUT2D eigenvalue weighted by atomic mass is 9.87. The Kier molecular flexibility index (Phi) is 4.94. The molecule has 0 amide bonds. The van der Waals surface area contributed by atoms with Crippen molar-refractivity contribution in [1.29, 1.82) is 0 Å². The molecule has 0 spiro atoms. The van der Waals surface area contributed by atoms with Crippen molar-refractivity contribution in [2.45, 2.75) is 46.2 Å². The van der Waals surface area contributed by atoms with Crippen molar-refractivity contribution < 1.29 is 0 Å². The van der Waals surface area contributed by atoms with Crippen molar-refractivity contribution in [3.05, 3.63) is 0 Å². The van der Waals surface area contributed by atoms with E-state index in [-0.39, 0.29) is 0 Å². The van der Waals surface area contributed by atoms with Gasteiger partial charge in [-0.05, 0) is 18.8 Å². The molecule has 3 heteroatoms. The molecule has 1 aliphatic rings. The van der Waals surface area contributed by atoms with Crippen LogP contribution in [0.1, 0.15) is 34.1 Å². The first-order valence-corrected chi connectivity index (χ1v) is 7.13. The van der Waals surface area contributed by atoms with Gasteiger partial charge in [0, 0.05) is 36.7 Å². The molecule has 1 saturated heterocycles. The van der Waals surface area contributed by atoms with Gasteiger partial charge in [0.2, 0.25) is 0 Å². The molecule has 0 aromatic heterocycles. The largest absolute Gasteiger partial charge is 0.329 e. The third-order valence-electron chi connectivity index (χ3n) is 3.01. The predicted octanol–water partition coefficient (Wildman–Crippen LogP) is 2.19. The Bertz CT molecular complexity index is 189. The minimum absolute atomic E-state index is 0.383. The highest BCUT2D eigenvalue weighted by Gasteiger charge is 2.28. The summed E-state index contributed by atoms with van der Waals surface area (Å²) >= 11 is 2.07. The van der Waals surface area contributed by atoms with E-state index in [0.29, 0.717) is 17.5 Å². The maximum absolute atomic E-state index is 5.92. The maximum Gasteiger partial charge on any atom is 0.0226 e. The molecule has 2 nitrogen and oxygen atoms in total. The van der Waals surface area contributed by atoms with Crippen LogP contribution >= 0.6 is 11.8 Å². The highest BCUT2D eigenvalue weighted by molar-refractivity contribution is 7.99. The molecule has 2 unspecified atom stereocenters. The Labute approximate surface area is 99.0 Å². The first-order valence-electron chi connectivity index (χ1n) is 5.97. The second-order valence-corrected chi connectivity index (χ2v) is 6.97. The molecule has 2 atom stereocenters. The number of nitrogens with two attached hydrogens (primary N) is 1. The maximum atomic E-state index is 5.92. The van der Waals surface area contributed by atoms with Crippen molar-refractivity contribution in [3.63, 3.8) is 0 Å². The first-order chi connectivity index (χ1) is 6.94. The van der Waals surface area contributed by atoms with Crippen LogP contribution in [0.15, 0.2) is 0 Å². The monoisotopic (exact) mass is 230 g/mol. The average Bonchev–Trinajstić information content (AvgIpc) is 2.14. The van der Waals surface area contributed by atoms with Gasteiger partial charge in [0.05, 0.1) is 0 Å². The molecule has 1 heterocycles. The zero-order valence-electron chi connectivity index (χ0n) is 10.6. The summed E-state index contributed by atoms with van der Waals surface area (Å²) in [5, 5.41) is 0. The Morgan fingerprint density at radius 2 is 2.13 bits per heavy atom. The lowest BCUT2D eigenvalue weighted by Gasteiger charge is -2.41. The second kappa shape index (κ2) is 5.55. The van der Waals surface area contributed by atoms with Gasteiger partial charge in [-0.3, -0.25) is 4.90 Å². The molecule has 2 N–H and O–H groups in total. The fourth-order valence-electron chi connectivity index (χ4n) is 2.33. The molecule has 1 fully saturated rings. The van der Waals surface area contributed by atoms with Crippen molar-refractivity contribution in [2.24, 2.45) is 11.1 Å². The summed E-state index contributed by atoms with van der Waals surface area (Å²) in [6, 6.07) is 1.26. The highest BCUT2D eigenvalue weighted by atomic mass is 32.2. The summed E-state index contributed by atoms with van der Waals surface area (Å²) in [5.74, 6) is 2.53. The average molecular weight is 230 g/mol. The Morgan fingerprint density at radius 1 is 1.47 bits per heavy atom. The van der Waals surface area contributed by atoms with Crippen molar-refractivity contribution in [1.82, 2.24) is 4.90 Å². The van der Waals surface area contributed by atoms with E-state index in [2.05, 4.69) is 44.4 Å². The molecule has 0 radical (unpaired) electrons. The molecule has 15 heavy (non-hydrogen) atoms. The van der Waals surface area contributed by atoms with Crippen molar-refractivity contribution in [3.8, 4) is 0 Å². The summed E-state index contributed by atoms with van der Waals surface area (Å²) in [5.41, 5.74) is 6.31. The van der Waals surface area contributed by atoms with Gasteiger partial charge in [0.15, 0.2) is 0 Å². The van der Waals surface area contributed by atoms with Crippen LogP contribution in [0.25, 0.3) is 0 Å². The zero-order valence-corrected chi connectivity index (χ0v) is 11.4.